The molecule has 1 aliphatic carbocycles. The average Bonchev–Trinajstić information content (AvgIpc) is 3.53. The van der Waals surface area contributed by atoms with Crippen molar-refractivity contribution in [1.82, 2.24) is 10.2 Å². The molecule has 3 N–H and O–H groups in total. The summed E-state index contributed by atoms with van der Waals surface area (Å²) in [5.74, 6) is -0.827. The first-order valence-electron chi connectivity index (χ1n) is 12.5. The van der Waals surface area contributed by atoms with Crippen LogP contribution in [0.5, 0.6) is 11.5 Å². The molecule has 3 aliphatic rings. The quantitative estimate of drug-likeness (QED) is 0.330. The second-order valence-corrected chi connectivity index (χ2v) is 9.75. The van der Waals surface area contributed by atoms with Crippen LogP contribution in [0.4, 0.5) is 0 Å². The topological polar surface area (TPSA) is 135 Å². The molecule has 10 nitrogen and oxygen atoms in total. The van der Waals surface area contributed by atoms with Crippen molar-refractivity contribution in [2.75, 3.05) is 33.4 Å². The van der Waals surface area contributed by atoms with E-state index in [0.29, 0.717) is 35.5 Å². The number of amides is 2. The summed E-state index contributed by atoms with van der Waals surface area (Å²) < 4.78 is 17.4. The number of hydrogen-bond acceptors (Lipinski definition) is 8. The van der Waals surface area contributed by atoms with Crippen LogP contribution in [0.3, 0.4) is 0 Å². The zero-order valence-corrected chi connectivity index (χ0v) is 21.3. The highest BCUT2D eigenvalue weighted by Crippen LogP contribution is 2.51. The zero-order valence-electron chi connectivity index (χ0n) is 21.3. The Bertz CT molecular complexity index is 1100. The Hall–Kier alpha value is -3.21. The van der Waals surface area contributed by atoms with Gasteiger partial charge in [0.2, 0.25) is 11.8 Å². The maximum absolute atomic E-state index is 13.3. The molecule has 2 aliphatic heterocycles. The Morgan fingerprint density at radius 1 is 1.30 bits per heavy atom. The summed E-state index contributed by atoms with van der Waals surface area (Å²) >= 11 is 0. The zero-order chi connectivity index (χ0) is 26.7. The fourth-order valence-electron chi connectivity index (χ4n) is 5.25. The SMILES string of the molecule is COc1cc(C=O)cc2c1OC1C2C(C(=O)NCCO)=CC(N(CC2CCCO2)C(=O)C=C(C)C)C1O. The van der Waals surface area contributed by atoms with Crippen LogP contribution in [0.25, 0.3) is 0 Å². The van der Waals surface area contributed by atoms with E-state index in [-0.39, 0.29) is 37.3 Å². The molecule has 1 aromatic rings. The number of methoxy groups -OCH3 is 1. The number of hydrogen-bond donors (Lipinski definition) is 3. The molecular formula is C27H34N2O8. The first-order chi connectivity index (χ1) is 17.8. The second-order valence-electron chi connectivity index (χ2n) is 9.75. The maximum atomic E-state index is 13.3. The smallest absolute Gasteiger partial charge is 0.247 e. The van der Waals surface area contributed by atoms with E-state index in [1.165, 1.54) is 24.2 Å². The van der Waals surface area contributed by atoms with Crippen LogP contribution in [0.1, 0.15) is 48.5 Å². The Morgan fingerprint density at radius 3 is 2.70 bits per heavy atom. The van der Waals surface area contributed by atoms with Crippen molar-refractivity contribution in [2.24, 2.45) is 0 Å². The van der Waals surface area contributed by atoms with E-state index in [9.17, 15) is 24.6 Å². The van der Waals surface area contributed by atoms with Gasteiger partial charge in [-0.2, -0.15) is 0 Å². The molecule has 0 radical (unpaired) electrons. The van der Waals surface area contributed by atoms with Crippen molar-refractivity contribution in [3.8, 4) is 11.5 Å². The first kappa shape index (κ1) is 26.8. The molecular weight excluding hydrogens is 480 g/mol. The van der Waals surface area contributed by atoms with Crippen molar-refractivity contribution in [2.45, 2.75) is 57.0 Å². The van der Waals surface area contributed by atoms with Gasteiger partial charge in [-0.1, -0.05) is 5.57 Å². The van der Waals surface area contributed by atoms with Crippen LogP contribution in [0.2, 0.25) is 0 Å². The third-order valence-corrected chi connectivity index (χ3v) is 6.89. The number of ether oxygens (including phenoxy) is 3. The molecule has 0 bridgehead atoms. The number of rotatable bonds is 9. The Kier molecular flexibility index (Phi) is 8.31. The molecule has 0 aromatic heterocycles. The van der Waals surface area contributed by atoms with Crippen LogP contribution in [-0.2, 0) is 14.3 Å². The lowest BCUT2D eigenvalue weighted by molar-refractivity contribution is -0.134. The number of allylic oxidation sites excluding steroid dienone is 1. The third-order valence-electron chi connectivity index (χ3n) is 6.89. The number of aldehydes is 1. The minimum absolute atomic E-state index is 0.0303. The second kappa shape index (κ2) is 11.5. The van der Waals surface area contributed by atoms with E-state index in [1.54, 1.807) is 12.1 Å². The number of carbonyl (C=O) groups is 3. The molecule has 37 heavy (non-hydrogen) atoms. The van der Waals surface area contributed by atoms with Crippen molar-refractivity contribution >= 4 is 18.1 Å². The molecule has 2 amide bonds. The van der Waals surface area contributed by atoms with Crippen LogP contribution < -0.4 is 14.8 Å². The minimum atomic E-state index is -1.19. The van der Waals surface area contributed by atoms with Gasteiger partial charge in [-0.25, -0.2) is 0 Å². The number of nitrogens with one attached hydrogen (secondary N) is 1. The lowest BCUT2D eigenvalue weighted by atomic mass is 9.77. The van der Waals surface area contributed by atoms with Crippen LogP contribution in [0, 0.1) is 0 Å². The van der Waals surface area contributed by atoms with Gasteiger partial charge in [0, 0.05) is 42.5 Å². The van der Waals surface area contributed by atoms with Crippen LogP contribution >= 0.6 is 0 Å². The van der Waals surface area contributed by atoms with E-state index in [1.807, 2.05) is 13.8 Å². The number of aliphatic hydroxyl groups excluding tert-OH is 2. The summed E-state index contributed by atoms with van der Waals surface area (Å²) in [6.07, 6.45) is 3.16. The molecule has 5 atom stereocenters. The number of benzene rings is 1. The summed E-state index contributed by atoms with van der Waals surface area (Å²) in [5, 5.41) is 23.5. The highest BCUT2D eigenvalue weighted by Gasteiger charge is 2.51. The first-order valence-corrected chi connectivity index (χ1v) is 12.5. The van der Waals surface area contributed by atoms with E-state index in [4.69, 9.17) is 14.2 Å². The number of carbonyl (C=O) groups excluding carboxylic acids is 3. The minimum Gasteiger partial charge on any atom is -0.493 e. The highest BCUT2D eigenvalue weighted by molar-refractivity contribution is 5.97. The van der Waals surface area contributed by atoms with Gasteiger partial charge in [0.15, 0.2) is 11.5 Å². The molecule has 5 unspecified atom stereocenters. The molecule has 1 fully saturated rings. The Morgan fingerprint density at radius 2 is 2.08 bits per heavy atom. The average molecular weight is 515 g/mol. The molecule has 0 spiro atoms. The highest BCUT2D eigenvalue weighted by atomic mass is 16.5. The molecule has 4 rings (SSSR count). The molecule has 1 aromatic carbocycles. The Balaban J connectivity index is 1.81. The fourth-order valence-corrected chi connectivity index (χ4v) is 5.25. The third kappa shape index (κ3) is 5.41. The van der Waals surface area contributed by atoms with Gasteiger partial charge < -0.3 is 34.6 Å². The van der Waals surface area contributed by atoms with Crippen LogP contribution in [0.15, 0.2) is 35.4 Å². The van der Waals surface area contributed by atoms with Crippen molar-refractivity contribution < 1.29 is 38.8 Å². The monoisotopic (exact) mass is 514 g/mol. The molecule has 1 saturated heterocycles. The van der Waals surface area contributed by atoms with E-state index < -0.39 is 30.1 Å². The molecule has 0 saturated carbocycles. The summed E-state index contributed by atoms with van der Waals surface area (Å²) in [7, 11) is 1.45. The van der Waals surface area contributed by atoms with Crippen molar-refractivity contribution in [1.29, 1.82) is 0 Å². The molecule has 2 heterocycles. The lowest BCUT2D eigenvalue weighted by Crippen LogP contribution is -2.56. The largest absolute Gasteiger partial charge is 0.493 e. The maximum Gasteiger partial charge on any atom is 0.247 e. The summed E-state index contributed by atoms with van der Waals surface area (Å²) in [5.41, 5.74) is 1.95. The van der Waals surface area contributed by atoms with Gasteiger partial charge >= 0.3 is 0 Å². The summed E-state index contributed by atoms with van der Waals surface area (Å²) in [6, 6.07) is 2.27. The van der Waals surface area contributed by atoms with Gasteiger partial charge in [-0.3, -0.25) is 14.4 Å². The van der Waals surface area contributed by atoms with Gasteiger partial charge in [0.1, 0.15) is 18.5 Å². The standard InChI is InChI=1S/C27H34N2O8/c1-15(2)9-22(32)29(13-17-5-4-8-36-17)20-12-19(27(34)28-6-7-30)23-18-10-16(14-31)11-21(35-3)25(18)37-26(23)24(20)33/h9-12,14,17,20,23-24,26,30,33H,4-8,13H2,1-3H3,(H,28,34). The van der Waals surface area contributed by atoms with E-state index in [0.717, 1.165) is 18.4 Å². The van der Waals surface area contributed by atoms with Gasteiger partial charge in [0.05, 0.1) is 31.8 Å². The predicted octanol–water partition coefficient (Wildman–Crippen LogP) is 1.10. The van der Waals surface area contributed by atoms with Crippen LogP contribution in [-0.4, -0.2) is 91.0 Å². The van der Waals surface area contributed by atoms with Gasteiger partial charge in [-0.05, 0) is 44.9 Å². The number of fused-ring (bicyclic) bond motifs is 3. The number of nitrogens with zero attached hydrogens (tertiary/aromatic N) is 1. The molecule has 10 heteroatoms. The Labute approximate surface area is 215 Å². The fraction of sp³-hybridized carbons (Fsp3) is 0.519. The number of aliphatic hydroxyl groups is 2. The van der Waals surface area contributed by atoms with Crippen molar-refractivity contribution in [3.63, 3.8) is 0 Å². The summed E-state index contributed by atoms with van der Waals surface area (Å²) in [4.78, 5) is 39.8. The normalized spacial score (nSPS) is 25.8. The lowest BCUT2D eigenvalue weighted by Gasteiger charge is -2.41. The van der Waals surface area contributed by atoms with Gasteiger partial charge in [-0.15, -0.1) is 0 Å². The molecule has 200 valence electrons. The van der Waals surface area contributed by atoms with Crippen molar-refractivity contribution in [3.05, 3.63) is 46.6 Å². The summed E-state index contributed by atoms with van der Waals surface area (Å²) in [6.45, 7) is 4.26. The predicted molar refractivity (Wildman–Crippen MR) is 134 cm³/mol. The van der Waals surface area contributed by atoms with Gasteiger partial charge in [0.25, 0.3) is 0 Å². The van der Waals surface area contributed by atoms with E-state index >= 15 is 0 Å². The van der Waals surface area contributed by atoms with E-state index in [2.05, 4.69) is 5.32 Å².